The highest BCUT2D eigenvalue weighted by atomic mass is 35.5. The number of rotatable bonds is 5. The number of sulfonamides is 1. The van der Waals surface area contributed by atoms with E-state index in [-0.39, 0.29) is 5.91 Å². The molecule has 3 rings (SSSR count). The fourth-order valence-corrected chi connectivity index (χ4v) is 4.25. The number of nitrogens with one attached hydrogen (secondary N) is 1. The number of carbonyl (C=O) groups is 1. The molecule has 1 aliphatic rings. The minimum Gasteiger partial charge on any atom is -0.322 e. The van der Waals surface area contributed by atoms with Gasteiger partial charge >= 0.3 is 0 Å². The van der Waals surface area contributed by atoms with E-state index in [2.05, 4.69) is 10.2 Å². The molecule has 0 bridgehead atoms. The summed E-state index contributed by atoms with van der Waals surface area (Å²) in [6, 6.07) is 12.8. The number of carbonyl (C=O) groups excluding carboxylic acids is 1. The summed E-state index contributed by atoms with van der Waals surface area (Å²) in [5.74, 6) is -0.168. The molecule has 0 spiro atoms. The Hall–Kier alpha value is -1.93. The quantitative estimate of drug-likeness (QED) is 0.805. The number of nitrogens with zero attached hydrogens (tertiary/aromatic N) is 2. The standard InChI is InChI=1S/C20H24ClN3O3S/c1-15-13-18(21)7-8-19(15)22-20(25)17-5-3-16(4-6-17)14-23-9-11-24(12-10-23)28(2,26)27/h3-8,13H,9-12,14H2,1-2H3,(H,22,25). The highest BCUT2D eigenvalue weighted by Gasteiger charge is 2.23. The van der Waals surface area contributed by atoms with Crippen LogP contribution in [-0.2, 0) is 16.6 Å². The van der Waals surface area contributed by atoms with Gasteiger partial charge in [0.25, 0.3) is 5.91 Å². The predicted molar refractivity (Wildman–Crippen MR) is 112 cm³/mol. The molecule has 0 aromatic heterocycles. The lowest BCUT2D eigenvalue weighted by molar-refractivity contribution is 0.102. The molecular formula is C20H24ClN3O3S. The number of benzene rings is 2. The van der Waals surface area contributed by atoms with Crippen molar-refractivity contribution in [1.29, 1.82) is 0 Å². The summed E-state index contributed by atoms with van der Waals surface area (Å²) >= 11 is 5.95. The van der Waals surface area contributed by atoms with Crippen LogP contribution in [0, 0.1) is 6.92 Å². The fourth-order valence-electron chi connectivity index (χ4n) is 3.20. The average Bonchev–Trinajstić information content (AvgIpc) is 2.64. The largest absolute Gasteiger partial charge is 0.322 e. The maximum atomic E-state index is 12.5. The van der Waals surface area contributed by atoms with E-state index in [4.69, 9.17) is 11.6 Å². The van der Waals surface area contributed by atoms with E-state index >= 15 is 0 Å². The molecule has 1 fully saturated rings. The fraction of sp³-hybridized carbons (Fsp3) is 0.350. The lowest BCUT2D eigenvalue weighted by atomic mass is 10.1. The molecule has 0 saturated carbocycles. The van der Waals surface area contributed by atoms with E-state index in [0.717, 1.165) is 23.4 Å². The minimum atomic E-state index is -3.11. The van der Waals surface area contributed by atoms with E-state index < -0.39 is 10.0 Å². The second kappa shape index (κ2) is 8.61. The van der Waals surface area contributed by atoms with Crippen LogP contribution < -0.4 is 5.32 Å². The Balaban J connectivity index is 1.57. The van der Waals surface area contributed by atoms with Crippen molar-refractivity contribution in [2.24, 2.45) is 0 Å². The Morgan fingerprint density at radius 3 is 2.29 bits per heavy atom. The second-order valence-corrected chi connectivity index (χ2v) is 9.47. The van der Waals surface area contributed by atoms with Gasteiger partial charge in [0, 0.05) is 49.0 Å². The SMILES string of the molecule is Cc1cc(Cl)ccc1NC(=O)c1ccc(CN2CCN(S(C)(=O)=O)CC2)cc1. The number of amides is 1. The van der Waals surface area contributed by atoms with Crippen molar-refractivity contribution in [2.75, 3.05) is 37.8 Å². The smallest absolute Gasteiger partial charge is 0.255 e. The third-order valence-corrected chi connectivity index (χ3v) is 6.40. The summed E-state index contributed by atoms with van der Waals surface area (Å²) in [5, 5.41) is 3.54. The van der Waals surface area contributed by atoms with Gasteiger partial charge in [-0.25, -0.2) is 8.42 Å². The number of anilines is 1. The first kappa shape index (κ1) is 20.8. The first-order valence-corrected chi connectivity index (χ1v) is 11.3. The molecule has 2 aromatic rings. The maximum absolute atomic E-state index is 12.5. The van der Waals surface area contributed by atoms with Crippen molar-refractivity contribution >= 4 is 33.2 Å². The third-order valence-electron chi connectivity index (χ3n) is 4.86. The van der Waals surface area contributed by atoms with Crippen molar-refractivity contribution in [3.63, 3.8) is 0 Å². The number of hydrogen-bond donors (Lipinski definition) is 1. The Labute approximate surface area is 171 Å². The molecule has 28 heavy (non-hydrogen) atoms. The summed E-state index contributed by atoms with van der Waals surface area (Å²) in [6.07, 6.45) is 1.25. The Kier molecular flexibility index (Phi) is 6.40. The van der Waals surface area contributed by atoms with Crippen LogP contribution in [-0.4, -0.2) is 56.0 Å². The summed E-state index contributed by atoms with van der Waals surface area (Å²) in [5.41, 5.74) is 3.32. The normalized spacial score (nSPS) is 16.1. The summed E-state index contributed by atoms with van der Waals surface area (Å²) in [7, 11) is -3.11. The number of piperazine rings is 1. The van der Waals surface area contributed by atoms with Gasteiger partial charge in [-0.05, 0) is 48.4 Å². The number of halogens is 1. The number of aryl methyl sites for hydroxylation is 1. The van der Waals surface area contributed by atoms with Crippen LogP contribution in [0.15, 0.2) is 42.5 Å². The van der Waals surface area contributed by atoms with Crippen LogP contribution in [0.5, 0.6) is 0 Å². The Morgan fingerprint density at radius 2 is 1.71 bits per heavy atom. The zero-order chi connectivity index (χ0) is 20.3. The Bertz CT molecular complexity index is 953. The highest BCUT2D eigenvalue weighted by Crippen LogP contribution is 2.20. The van der Waals surface area contributed by atoms with E-state index in [1.807, 2.05) is 37.3 Å². The molecule has 1 saturated heterocycles. The van der Waals surface area contributed by atoms with Gasteiger partial charge in [0.05, 0.1) is 6.26 Å². The van der Waals surface area contributed by atoms with Crippen molar-refractivity contribution in [3.05, 3.63) is 64.2 Å². The van der Waals surface area contributed by atoms with E-state index in [1.54, 1.807) is 12.1 Å². The van der Waals surface area contributed by atoms with Gasteiger partial charge in [-0.3, -0.25) is 9.69 Å². The molecule has 0 aliphatic carbocycles. The van der Waals surface area contributed by atoms with Crippen LogP contribution >= 0.6 is 11.6 Å². The second-order valence-electron chi connectivity index (χ2n) is 7.05. The third kappa shape index (κ3) is 5.32. The summed E-state index contributed by atoms with van der Waals surface area (Å²) < 4.78 is 24.7. The topological polar surface area (TPSA) is 69.7 Å². The van der Waals surface area contributed by atoms with Gasteiger partial charge in [0.1, 0.15) is 0 Å². The van der Waals surface area contributed by atoms with Crippen molar-refractivity contribution < 1.29 is 13.2 Å². The van der Waals surface area contributed by atoms with E-state index in [9.17, 15) is 13.2 Å². The number of hydrogen-bond acceptors (Lipinski definition) is 4. The van der Waals surface area contributed by atoms with Gasteiger partial charge in [0.2, 0.25) is 10.0 Å². The molecule has 1 heterocycles. The average molecular weight is 422 g/mol. The molecule has 1 aliphatic heterocycles. The van der Waals surface area contributed by atoms with Crippen molar-refractivity contribution in [3.8, 4) is 0 Å². The monoisotopic (exact) mass is 421 g/mol. The minimum absolute atomic E-state index is 0.168. The lowest BCUT2D eigenvalue weighted by Gasteiger charge is -2.33. The van der Waals surface area contributed by atoms with Crippen LogP contribution in [0.25, 0.3) is 0 Å². The highest BCUT2D eigenvalue weighted by molar-refractivity contribution is 7.88. The van der Waals surface area contributed by atoms with Crippen LogP contribution in [0.1, 0.15) is 21.5 Å². The predicted octanol–water partition coefficient (Wildman–Crippen LogP) is 2.98. The van der Waals surface area contributed by atoms with Crippen LogP contribution in [0.3, 0.4) is 0 Å². The zero-order valence-electron chi connectivity index (χ0n) is 16.0. The van der Waals surface area contributed by atoms with Crippen molar-refractivity contribution in [1.82, 2.24) is 9.21 Å². The van der Waals surface area contributed by atoms with Crippen molar-refractivity contribution in [2.45, 2.75) is 13.5 Å². The lowest BCUT2D eigenvalue weighted by Crippen LogP contribution is -2.47. The molecular weight excluding hydrogens is 398 g/mol. The molecule has 0 atom stereocenters. The Morgan fingerprint density at radius 1 is 1.07 bits per heavy atom. The molecule has 6 nitrogen and oxygen atoms in total. The molecule has 150 valence electrons. The summed E-state index contributed by atoms with van der Waals surface area (Å²) in [4.78, 5) is 14.7. The molecule has 0 unspecified atom stereocenters. The van der Waals surface area contributed by atoms with Gasteiger partial charge in [-0.15, -0.1) is 0 Å². The maximum Gasteiger partial charge on any atom is 0.255 e. The van der Waals surface area contributed by atoms with Gasteiger partial charge in [-0.2, -0.15) is 4.31 Å². The molecule has 1 amide bonds. The summed E-state index contributed by atoms with van der Waals surface area (Å²) in [6.45, 7) is 5.06. The van der Waals surface area contributed by atoms with Crippen LogP contribution in [0.4, 0.5) is 5.69 Å². The molecule has 0 radical (unpaired) electrons. The van der Waals surface area contributed by atoms with E-state index in [1.165, 1.54) is 10.6 Å². The van der Waals surface area contributed by atoms with Crippen LogP contribution in [0.2, 0.25) is 5.02 Å². The van der Waals surface area contributed by atoms with Gasteiger partial charge in [-0.1, -0.05) is 23.7 Å². The molecule has 2 aromatic carbocycles. The van der Waals surface area contributed by atoms with E-state index in [0.29, 0.717) is 36.8 Å². The first-order chi connectivity index (χ1) is 13.2. The zero-order valence-corrected chi connectivity index (χ0v) is 17.6. The van der Waals surface area contributed by atoms with Gasteiger partial charge in [0.15, 0.2) is 0 Å². The molecule has 8 heteroatoms. The molecule has 1 N–H and O–H groups in total. The first-order valence-electron chi connectivity index (χ1n) is 9.06. The van der Waals surface area contributed by atoms with Gasteiger partial charge < -0.3 is 5.32 Å².